The van der Waals surface area contributed by atoms with E-state index in [2.05, 4.69) is 15.9 Å². The lowest BCUT2D eigenvalue weighted by Gasteiger charge is -2.27. The Morgan fingerprint density at radius 1 is 1.29 bits per heavy atom. The largest absolute Gasteiger partial charge is 0.488 e. The number of carbonyl (C=O) groups excluding carboxylic acids is 2. The van der Waals surface area contributed by atoms with Crippen molar-refractivity contribution in [3.63, 3.8) is 0 Å². The topological polar surface area (TPSA) is 65.1 Å². The first kappa shape index (κ1) is 18.6. The predicted octanol–water partition coefficient (Wildman–Crippen LogP) is 3.38. The van der Waals surface area contributed by atoms with Crippen molar-refractivity contribution in [3.8, 4) is 5.75 Å². The number of hydrogen-bond donors (Lipinski definition) is 0. The molecule has 0 N–H and O–H groups in total. The van der Waals surface area contributed by atoms with Gasteiger partial charge in [0.25, 0.3) is 0 Å². The molecule has 1 fully saturated rings. The number of halogens is 1. The zero-order valence-electron chi connectivity index (χ0n) is 14.2. The Labute approximate surface area is 150 Å². The van der Waals surface area contributed by atoms with Gasteiger partial charge < -0.3 is 14.2 Å². The minimum absolute atomic E-state index is 0.265. The molecule has 0 bridgehead atoms. The smallest absolute Gasteiger partial charge is 0.411 e. The van der Waals surface area contributed by atoms with Gasteiger partial charge in [-0.15, -0.1) is 0 Å². The van der Waals surface area contributed by atoms with Gasteiger partial charge in [-0.1, -0.05) is 22.0 Å². The summed E-state index contributed by atoms with van der Waals surface area (Å²) in [6.07, 6.45) is -0.493. The molecule has 24 heavy (non-hydrogen) atoms. The van der Waals surface area contributed by atoms with Gasteiger partial charge in [0.15, 0.2) is 0 Å². The molecule has 0 radical (unpaired) electrons. The van der Waals surface area contributed by atoms with Crippen molar-refractivity contribution in [3.05, 3.63) is 28.7 Å². The number of hydrogen-bond acceptors (Lipinski definition) is 5. The molecule has 1 amide bonds. The van der Waals surface area contributed by atoms with E-state index < -0.39 is 23.7 Å². The molecule has 1 aliphatic rings. The molecule has 1 saturated heterocycles. The molecular formula is C17H22BrNO5. The second kappa shape index (κ2) is 7.42. The third-order valence-electron chi connectivity index (χ3n) is 3.46. The zero-order valence-corrected chi connectivity index (χ0v) is 15.8. The molecule has 1 heterocycles. The molecular weight excluding hydrogens is 378 g/mol. The molecule has 0 aliphatic carbocycles. The van der Waals surface area contributed by atoms with E-state index in [0.29, 0.717) is 12.2 Å². The Kier molecular flexibility index (Phi) is 5.74. The van der Waals surface area contributed by atoms with Crippen LogP contribution in [-0.2, 0) is 14.3 Å². The normalized spacial score (nSPS) is 20.6. The van der Waals surface area contributed by atoms with Gasteiger partial charge in [0.05, 0.1) is 13.7 Å². The van der Waals surface area contributed by atoms with Crippen LogP contribution in [0.5, 0.6) is 5.75 Å². The quantitative estimate of drug-likeness (QED) is 0.728. The number of ether oxygens (including phenoxy) is 3. The molecule has 1 aliphatic heterocycles. The summed E-state index contributed by atoms with van der Waals surface area (Å²) in [5.74, 6) is 0.199. The minimum atomic E-state index is -0.706. The summed E-state index contributed by atoms with van der Waals surface area (Å²) in [6.45, 7) is 5.61. The van der Waals surface area contributed by atoms with Crippen LogP contribution in [0.1, 0.15) is 27.2 Å². The molecule has 2 atom stereocenters. The fourth-order valence-corrected chi connectivity index (χ4v) is 2.88. The lowest BCUT2D eigenvalue weighted by molar-refractivity contribution is -0.145. The second-order valence-corrected chi connectivity index (χ2v) is 7.52. The summed E-state index contributed by atoms with van der Waals surface area (Å²) < 4.78 is 17.0. The van der Waals surface area contributed by atoms with Crippen LogP contribution in [-0.4, -0.2) is 48.4 Å². The summed E-state index contributed by atoms with van der Waals surface area (Å²) in [4.78, 5) is 25.8. The average Bonchev–Trinajstić information content (AvgIpc) is 2.88. The summed E-state index contributed by atoms with van der Waals surface area (Å²) >= 11 is 3.39. The number of amides is 1. The number of esters is 1. The Hall–Kier alpha value is -1.76. The molecule has 0 saturated carbocycles. The van der Waals surface area contributed by atoms with Crippen molar-refractivity contribution >= 4 is 28.0 Å². The summed E-state index contributed by atoms with van der Waals surface area (Å²) in [6, 6.07) is 6.71. The second-order valence-electron chi connectivity index (χ2n) is 6.60. The molecule has 1 aromatic rings. The fraction of sp³-hybridized carbons (Fsp3) is 0.529. The van der Waals surface area contributed by atoms with E-state index in [1.54, 1.807) is 20.8 Å². The Balaban J connectivity index is 2.11. The Morgan fingerprint density at radius 2 is 2.00 bits per heavy atom. The lowest BCUT2D eigenvalue weighted by atomic mass is 10.2. The van der Waals surface area contributed by atoms with Gasteiger partial charge in [-0.3, -0.25) is 4.90 Å². The third kappa shape index (κ3) is 4.87. The van der Waals surface area contributed by atoms with Crippen LogP contribution in [0.3, 0.4) is 0 Å². The fourth-order valence-electron chi connectivity index (χ4n) is 2.50. The van der Waals surface area contributed by atoms with Crippen LogP contribution in [0, 0.1) is 0 Å². The highest BCUT2D eigenvalue weighted by atomic mass is 79.9. The highest BCUT2D eigenvalue weighted by molar-refractivity contribution is 9.10. The average molecular weight is 400 g/mol. The first-order valence-corrected chi connectivity index (χ1v) is 8.48. The van der Waals surface area contributed by atoms with Crippen LogP contribution in [0.2, 0.25) is 0 Å². The molecule has 1 aromatic carbocycles. The molecule has 0 spiro atoms. The molecule has 6 nitrogen and oxygen atoms in total. The van der Waals surface area contributed by atoms with Gasteiger partial charge in [0, 0.05) is 10.9 Å². The van der Waals surface area contributed by atoms with Gasteiger partial charge in [0.1, 0.15) is 23.5 Å². The van der Waals surface area contributed by atoms with Crippen molar-refractivity contribution in [1.82, 2.24) is 4.90 Å². The molecule has 7 heteroatoms. The van der Waals surface area contributed by atoms with Crippen molar-refractivity contribution < 1.29 is 23.8 Å². The molecule has 132 valence electrons. The van der Waals surface area contributed by atoms with Crippen LogP contribution >= 0.6 is 15.9 Å². The van der Waals surface area contributed by atoms with E-state index in [0.717, 1.165) is 4.47 Å². The molecule has 2 rings (SSSR count). The first-order valence-electron chi connectivity index (χ1n) is 7.69. The number of likely N-dealkylation sites (tertiary alicyclic amines) is 1. The van der Waals surface area contributed by atoms with E-state index in [9.17, 15) is 9.59 Å². The highest BCUT2D eigenvalue weighted by Crippen LogP contribution is 2.27. The van der Waals surface area contributed by atoms with E-state index in [4.69, 9.17) is 14.2 Å². The van der Waals surface area contributed by atoms with E-state index in [-0.39, 0.29) is 12.6 Å². The Morgan fingerprint density at radius 3 is 2.58 bits per heavy atom. The SMILES string of the molecule is COC(=O)[C@@H]1C[C@H](Oc2cccc(Br)c2)CN1C(=O)OC(C)(C)C. The van der Waals surface area contributed by atoms with Gasteiger partial charge >= 0.3 is 12.1 Å². The number of nitrogens with zero attached hydrogens (tertiary/aromatic N) is 1. The van der Waals surface area contributed by atoms with Crippen molar-refractivity contribution in [2.45, 2.75) is 44.9 Å². The maximum Gasteiger partial charge on any atom is 0.411 e. The zero-order chi connectivity index (χ0) is 17.9. The van der Waals surface area contributed by atoms with Crippen LogP contribution in [0.25, 0.3) is 0 Å². The summed E-state index contributed by atoms with van der Waals surface area (Å²) in [5, 5.41) is 0. The highest BCUT2D eigenvalue weighted by Gasteiger charge is 2.43. The number of methoxy groups -OCH3 is 1. The minimum Gasteiger partial charge on any atom is -0.488 e. The predicted molar refractivity (Wildman–Crippen MR) is 91.9 cm³/mol. The van der Waals surface area contributed by atoms with Crippen molar-refractivity contribution in [2.24, 2.45) is 0 Å². The van der Waals surface area contributed by atoms with E-state index >= 15 is 0 Å². The van der Waals surface area contributed by atoms with Gasteiger partial charge in [-0.2, -0.15) is 0 Å². The van der Waals surface area contributed by atoms with Crippen molar-refractivity contribution in [1.29, 1.82) is 0 Å². The summed E-state index contributed by atoms with van der Waals surface area (Å²) in [7, 11) is 1.30. The maximum atomic E-state index is 12.4. The third-order valence-corrected chi connectivity index (χ3v) is 3.96. The maximum absolute atomic E-state index is 12.4. The summed E-state index contributed by atoms with van der Waals surface area (Å²) in [5.41, 5.74) is -0.638. The standard InChI is InChI=1S/C17H22BrNO5/c1-17(2,3)24-16(21)19-10-13(9-14(19)15(20)22-4)23-12-7-5-6-11(18)8-12/h5-8,13-14H,9-10H2,1-4H3/t13-,14-/m0/s1. The number of benzene rings is 1. The molecule has 0 unspecified atom stereocenters. The Bertz CT molecular complexity index is 613. The van der Waals surface area contributed by atoms with Gasteiger partial charge in [-0.05, 0) is 39.0 Å². The van der Waals surface area contributed by atoms with Gasteiger partial charge in [-0.25, -0.2) is 9.59 Å². The van der Waals surface area contributed by atoms with Crippen molar-refractivity contribution in [2.75, 3.05) is 13.7 Å². The van der Waals surface area contributed by atoms with Crippen LogP contribution in [0.4, 0.5) is 4.79 Å². The lowest BCUT2D eigenvalue weighted by Crippen LogP contribution is -2.44. The van der Waals surface area contributed by atoms with Crippen LogP contribution < -0.4 is 4.74 Å². The molecule has 0 aromatic heterocycles. The number of carbonyl (C=O) groups is 2. The van der Waals surface area contributed by atoms with E-state index in [1.807, 2.05) is 24.3 Å². The van der Waals surface area contributed by atoms with E-state index in [1.165, 1.54) is 12.0 Å². The van der Waals surface area contributed by atoms with Gasteiger partial charge in [0.2, 0.25) is 0 Å². The van der Waals surface area contributed by atoms with Crippen LogP contribution in [0.15, 0.2) is 28.7 Å². The monoisotopic (exact) mass is 399 g/mol. The number of rotatable bonds is 3. The first-order chi connectivity index (χ1) is 11.2.